The Labute approximate surface area is 73.9 Å². The minimum absolute atomic E-state index is 0.275. The van der Waals surface area contributed by atoms with Crippen LogP contribution in [0, 0.1) is 5.92 Å². The molecule has 0 aromatic rings. The average Bonchev–Trinajstić information content (AvgIpc) is 1.98. The van der Waals surface area contributed by atoms with Crippen LogP contribution in [0.5, 0.6) is 0 Å². The molecule has 2 nitrogen and oxygen atoms in total. The molecule has 0 bridgehead atoms. The Hall–Kier alpha value is -0.890. The maximum absolute atomic E-state index is 6.03. The molecule has 2 N–H and O–H groups in total. The summed E-state index contributed by atoms with van der Waals surface area (Å²) in [7, 11) is 0. The largest absolute Gasteiger partial charge is 0.322 e. The second-order valence-corrected chi connectivity index (χ2v) is 3.60. The zero-order valence-electron chi connectivity index (χ0n) is 7.91. The summed E-state index contributed by atoms with van der Waals surface area (Å²) in [6.45, 7) is 6.06. The molecule has 1 aliphatic rings. The van der Waals surface area contributed by atoms with Crippen molar-refractivity contribution in [1.29, 1.82) is 0 Å². The molecular formula is C10H16N2. The second-order valence-electron chi connectivity index (χ2n) is 3.60. The van der Waals surface area contributed by atoms with Crippen LogP contribution in [0.15, 0.2) is 28.9 Å². The van der Waals surface area contributed by atoms with Crippen LogP contribution in [0.1, 0.15) is 20.8 Å². The highest BCUT2D eigenvalue weighted by molar-refractivity contribution is 5.65. The summed E-state index contributed by atoms with van der Waals surface area (Å²) in [4.78, 5) is 4.27. The van der Waals surface area contributed by atoms with Gasteiger partial charge in [-0.1, -0.05) is 19.1 Å². The van der Waals surface area contributed by atoms with E-state index < -0.39 is 0 Å². The van der Waals surface area contributed by atoms with Gasteiger partial charge >= 0.3 is 0 Å². The summed E-state index contributed by atoms with van der Waals surface area (Å²) in [6.07, 6.45) is 7.87. The van der Waals surface area contributed by atoms with Crippen LogP contribution in [-0.4, -0.2) is 11.8 Å². The topological polar surface area (TPSA) is 38.4 Å². The van der Waals surface area contributed by atoms with Gasteiger partial charge in [0.15, 0.2) is 0 Å². The third-order valence-corrected chi connectivity index (χ3v) is 2.28. The number of nitrogens with zero attached hydrogens (tertiary/aromatic N) is 1. The van der Waals surface area contributed by atoms with Crippen molar-refractivity contribution in [2.24, 2.45) is 16.6 Å². The predicted octanol–water partition coefficient (Wildman–Crippen LogP) is 1.88. The van der Waals surface area contributed by atoms with E-state index in [0.717, 1.165) is 5.70 Å². The van der Waals surface area contributed by atoms with Crippen LogP contribution in [0.3, 0.4) is 0 Å². The average molecular weight is 164 g/mol. The van der Waals surface area contributed by atoms with Gasteiger partial charge in [0.25, 0.3) is 0 Å². The molecule has 1 aliphatic heterocycles. The first-order chi connectivity index (χ1) is 5.52. The number of rotatable bonds is 0. The molecule has 0 saturated heterocycles. The SMILES string of the molecule is CC1=C\C=C/C(C)(N)[C@H](C)/C=N\1. The fourth-order valence-electron chi connectivity index (χ4n) is 0.979. The van der Waals surface area contributed by atoms with Gasteiger partial charge in [-0.3, -0.25) is 4.99 Å². The minimum Gasteiger partial charge on any atom is -0.322 e. The van der Waals surface area contributed by atoms with Gasteiger partial charge in [0, 0.05) is 23.4 Å². The molecule has 0 radical (unpaired) electrons. The molecule has 12 heavy (non-hydrogen) atoms. The first kappa shape index (κ1) is 9.20. The molecule has 0 saturated carbocycles. The molecule has 0 fully saturated rings. The van der Waals surface area contributed by atoms with Gasteiger partial charge < -0.3 is 5.73 Å². The summed E-state index contributed by atoms with van der Waals surface area (Å²) in [5, 5.41) is 0. The number of hydrogen-bond acceptors (Lipinski definition) is 2. The number of aliphatic imine (C=N–C) groups is 1. The highest BCUT2D eigenvalue weighted by atomic mass is 14.8. The molecule has 0 aromatic heterocycles. The highest BCUT2D eigenvalue weighted by Crippen LogP contribution is 2.16. The van der Waals surface area contributed by atoms with Crippen molar-refractivity contribution < 1.29 is 0 Å². The lowest BCUT2D eigenvalue weighted by Gasteiger charge is -2.25. The number of nitrogens with two attached hydrogens (primary N) is 1. The number of hydrogen-bond donors (Lipinski definition) is 1. The lowest BCUT2D eigenvalue weighted by molar-refractivity contribution is 0.490. The maximum atomic E-state index is 6.03. The first-order valence-electron chi connectivity index (χ1n) is 4.21. The molecule has 0 amide bonds. The quantitative estimate of drug-likeness (QED) is 0.583. The summed E-state index contributed by atoms with van der Waals surface area (Å²) < 4.78 is 0. The van der Waals surface area contributed by atoms with E-state index in [1.165, 1.54) is 0 Å². The highest BCUT2D eigenvalue weighted by Gasteiger charge is 2.21. The van der Waals surface area contributed by atoms with E-state index in [1.807, 2.05) is 38.3 Å². The van der Waals surface area contributed by atoms with Crippen molar-refractivity contribution >= 4 is 6.21 Å². The third-order valence-electron chi connectivity index (χ3n) is 2.28. The molecule has 2 heteroatoms. The molecule has 1 rings (SSSR count). The molecule has 66 valence electrons. The van der Waals surface area contributed by atoms with E-state index >= 15 is 0 Å². The standard InChI is InChI=1S/C10H16N2/c1-8-7-12-9(2)5-4-6-10(8,3)11/h4-8H,11H2,1-3H3/b6-4-,9-5+,12-7-/t8-,10?/m1/s1. The fraction of sp³-hybridized carbons (Fsp3) is 0.500. The van der Waals surface area contributed by atoms with Crippen LogP contribution in [0.4, 0.5) is 0 Å². The van der Waals surface area contributed by atoms with Crippen molar-refractivity contribution in [1.82, 2.24) is 0 Å². The Balaban J connectivity index is 2.96. The van der Waals surface area contributed by atoms with Gasteiger partial charge in [0.1, 0.15) is 0 Å². The van der Waals surface area contributed by atoms with Gasteiger partial charge in [-0.15, -0.1) is 0 Å². The Morgan fingerprint density at radius 1 is 1.58 bits per heavy atom. The Morgan fingerprint density at radius 3 is 2.92 bits per heavy atom. The normalized spacial score (nSPS) is 45.3. The molecule has 1 heterocycles. The zero-order valence-corrected chi connectivity index (χ0v) is 7.91. The van der Waals surface area contributed by atoms with E-state index in [-0.39, 0.29) is 11.5 Å². The van der Waals surface area contributed by atoms with Crippen LogP contribution in [-0.2, 0) is 0 Å². The molecule has 1 unspecified atom stereocenters. The van der Waals surface area contributed by atoms with Crippen molar-refractivity contribution in [2.45, 2.75) is 26.3 Å². The second kappa shape index (κ2) is 3.23. The summed E-state index contributed by atoms with van der Waals surface area (Å²) in [5.41, 5.74) is 6.77. The molecule has 0 aromatic carbocycles. The summed E-state index contributed by atoms with van der Waals surface area (Å²) >= 11 is 0. The lowest BCUT2D eigenvalue weighted by atomic mass is 9.88. The van der Waals surface area contributed by atoms with Crippen LogP contribution < -0.4 is 5.73 Å². The predicted molar refractivity (Wildman–Crippen MR) is 53.1 cm³/mol. The monoisotopic (exact) mass is 164 g/mol. The van der Waals surface area contributed by atoms with Gasteiger partial charge in [-0.05, 0) is 19.9 Å². The number of allylic oxidation sites excluding steroid dienone is 3. The van der Waals surface area contributed by atoms with E-state index in [2.05, 4.69) is 11.9 Å². The van der Waals surface area contributed by atoms with Crippen LogP contribution >= 0.6 is 0 Å². The maximum Gasteiger partial charge on any atom is 0.0389 e. The van der Waals surface area contributed by atoms with E-state index in [9.17, 15) is 0 Å². The summed E-state index contributed by atoms with van der Waals surface area (Å²) in [5.74, 6) is 0.275. The lowest BCUT2D eigenvalue weighted by Crippen LogP contribution is -2.41. The van der Waals surface area contributed by atoms with Crippen molar-refractivity contribution in [3.63, 3.8) is 0 Å². The Bertz CT molecular complexity index is 247. The zero-order chi connectivity index (χ0) is 9.19. The van der Waals surface area contributed by atoms with Crippen molar-refractivity contribution in [2.75, 3.05) is 0 Å². The van der Waals surface area contributed by atoms with Crippen LogP contribution in [0.25, 0.3) is 0 Å². The first-order valence-corrected chi connectivity index (χ1v) is 4.21. The molecular weight excluding hydrogens is 148 g/mol. The van der Waals surface area contributed by atoms with Gasteiger partial charge in [-0.25, -0.2) is 0 Å². The Kier molecular flexibility index (Phi) is 2.48. The van der Waals surface area contributed by atoms with E-state index in [0.29, 0.717) is 0 Å². The fourth-order valence-corrected chi connectivity index (χ4v) is 0.979. The Morgan fingerprint density at radius 2 is 2.25 bits per heavy atom. The molecule has 0 aliphatic carbocycles. The summed E-state index contributed by atoms with van der Waals surface area (Å²) in [6, 6.07) is 0. The van der Waals surface area contributed by atoms with Gasteiger partial charge in [0.2, 0.25) is 0 Å². The van der Waals surface area contributed by atoms with Crippen molar-refractivity contribution in [3.05, 3.63) is 23.9 Å². The van der Waals surface area contributed by atoms with Gasteiger partial charge in [-0.2, -0.15) is 0 Å². The molecule has 2 atom stereocenters. The van der Waals surface area contributed by atoms with E-state index in [1.54, 1.807) is 0 Å². The van der Waals surface area contributed by atoms with Crippen molar-refractivity contribution in [3.8, 4) is 0 Å². The van der Waals surface area contributed by atoms with Crippen LogP contribution in [0.2, 0.25) is 0 Å². The minimum atomic E-state index is -0.277. The molecule has 0 spiro atoms. The van der Waals surface area contributed by atoms with E-state index in [4.69, 9.17) is 5.73 Å². The smallest absolute Gasteiger partial charge is 0.0389 e. The third kappa shape index (κ3) is 2.05. The van der Waals surface area contributed by atoms with Gasteiger partial charge in [0.05, 0.1) is 0 Å².